The zero-order chi connectivity index (χ0) is 18.7. The van der Waals surface area contributed by atoms with E-state index in [1.165, 1.54) is 0 Å². The maximum Gasteiger partial charge on any atom is 0.320 e. The van der Waals surface area contributed by atoms with Gasteiger partial charge in [0.05, 0.1) is 18.1 Å². The van der Waals surface area contributed by atoms with Crippen LogP contribution in [0.1, 0.15) is 24.4 Å². The SMILES string of the molecule is COc1ccc2nc(C(C)Oc3ccc(C[C@H](N)C(=O)O)cc3)[nH]c2c1. The number of hydrogen-bond acceptors (Lipinski definition) is 5. The van der Waals surface area contributed by atoms with E-state index in [4.69, 9.17) is 20.3 Å². The Morgan fingerprint density at radius 2 is 1.92 bits per heavy atom. The van der Waals surface area contributed by atoms with Gasteiger partial charge < -0.3 is 25.3 Å². The molecule has 0 spiro atoms. The molecule has 0 aliphatic carbocycles. The molecule has 136 valence electrons. The van der Waals surface area contributed by atoms with E-state index >= 15 is 0 Å². The quantitative estimate of drug-likeness (QED) is 0.601. The number of hydrogen-bond donors (Lipinski definition) is 3. The summed E-state index contributed by atoms with van der Waals surface area (Å²) in [6.45, 7) is 1.91. The molecule has 0 aliphatic heterocycles. The van der Waals surface area contributed by atoms with Gasteiger partial charge in [-0.15, -0.1) is 0 Å². The van der Waals surface area contributed by atoms with Gasteiger partial charge in [-0.05, 0) is 43.2 Å². The number of methoxy groups -OCH3 is 1. The molecule has 0 fully saturated rings. The second-order valence-electron chi connectivity index (χ2n) is 6.06. The number of carbonyl (C=O) groups is 1. The second-order valence-corrected chi connectivity index (χ2v) is 6.06. The molecular weight excluding hydrogens is 334 g/mol. The minimum Gasteiger partial charge on any atom is -0.497 e. The van der Waals surface area contributed by atoms with Crippen LogP contribution in [0, 0.1) is 0 Å². The third-order valence-corrected chi connectivity index (χ3v) is 4.10. The van der Waals surface area contributed by atoms with Crippen LogP contribution < -0.4 is 15.2 Å². The summed E-state index contributed by atoms with van der Waals surface area (Å²) in [5.41, 5.74) is 8.12. The molecule has 2 atom stereocenters. The van der Waals surface area contributed by atoms with Crippen LogP contribution in [0.15, 0.2) is 42.5 Å². The van der Waals surface area contributed by atoms with E-state index in [1.54, 1.807) is 19.2 Å². The number of nitrogens with two attached hydrogens (primary N) is 1. The van der Waals surface area contributed by atoms with Gasteiger partial charge in [0.2, 0.25) is 0 Å². The van der Waals surface area contributed by atoms with Crippen molar-refractivity contribution in [2.75, 3.05) is 7.11 Å². The molecule has 0 saturated carbocycles. The van der Waals surface area contributed by atoms with Crippen molar-refractivity contribution in [1.82, 2.24) is 9.97 Å². The van der Waals surface area contributed by atoms with Gasteiger partial charge in [-0.3, -0.25) is 4.79 Å². The first kappa shape index (κ1) is 17.8. The van der Waals surface area contributed by atoms with E-state index in [2.05, 4.69) is 9.97 Å². The molecule has 0 aliphatic rings. The van der Waals surface area contributed by atoms with Crippen LogP contribution in [-0.2, 0) is 11.2 Å². The summed E-state index contributed by atoms with van der Waals surface area (Å²) in [5.74, 6) is 1.13. The van der Waals surface area contributed by atoms with Gasteiger partial charge in [-0.1, -0.05) is 12.1 Å². The molecule has 26 heavy (non-hydrogen) atoms. The molecule has 3 rings (SSSR count). The smallest absolute Gasteiger partial charge is 0.320 e. The molecule has 1 unspecified atom stereocenters. The van der Waals surface area contributed by atoms with Crippen LogP contribution in [0.25, 0.3) is 11.0 Å². The maximum absolute atomic E-state index is 10.8. The number of aromatic nitrogens is 2. The summed E-state index contributed by atoms with van der Waals surface area (Å²) in [4.78, 5) is 18.6. The molecular formula is C19H21N3O4. The van der Waals surface area contributed by atoms with Crippen LogP contribution >= 0.6 is 0 Å². The number of nitrogens with zero attached hydrogens (tertiary/aromatic N) is 1. The monoisotopic (exact) mass is 355 g/mol. The highest BCUT2D eigenvalue weighted by Gasteiger charge is 2.14. The zero-order valence-corrected chi connectivity index (χ0v) is 14.6. The van der Waals surface area contributed by atoms with Crippen LogP contribution in [0.3, 0.4) is 0 Å². The Balaban J connectivity index is 1.69. The molecule has 1 aromatic heterocycles. The molecule has 2 aromatic carbocycles. The Kier molecular flexibility index (Phi) is 5.09. The molecule has 0 amide bonds. The summed E-state index contributed by atoms with van der Waals surface area (Å²) in [6, 6.07) is 12.0. The Labute approximate surface area is 150 Å². The first-order chi connectivity index (χ1) is 12.5. The highest BCUT2D eigenvalue weighted by molar-refractivity contribution is 5.77. The van der Waals surface area contributed by atoms with E-state index in [0.29, 0.717) is 11.6 Å². The molecule has 4 N–H and O–H groups in total. The number of aromatic amines is 1. The Morgan fingerprint density at radius 3 is 2.58 bits per heavy atom. The minimum atomic E-state index is -1.01. The van der Waals surface area contributed by atoms with Crippen molar-refractivity contribution in [2.45, 2.75) is 25.5 Å². The molecule has 3 aromatic rings. The first-order valence-corrected chi connectivity index (χ1v) is 8.24. The predicted molar refractivity (Wildman–Crippen MR) is 97.4 cm³/mol. The van der Waals surface area contributed by atoms with Crippen LogP contribution in [-0.4, -0.2) is 34.2 Å². The number of aliphatic carboxylic acids is 1. The van der Waals surface area contributed by atoms with Gasteiger partial charge in [0.1, 0.15) is 23.4 Å². The Bertz CT molecular complexity index is 905. The molecule has 0 saturated heterocycles. The third-order valence-electron chi connectivity index (χ3n) is 4.10. The average molecular weight is 355 g/mol. The number of fused-ring (bicyclic) bond motifs is 1. The van der Waals surface area contributed by atoms with Crippen molar-refractivity contribution in [3.8, 4) is 11.5 Å². The highest BCUT2D eigenvalue weighted by atomic mass is 16.5. The standard InChI is InChI=1S/C19H21N3O4/c1-11(18-21-16-8-7-14(25-2)10-17(16)22-18)26-13-5-3-12(4-6-13)9-15(20)19(23)24/h3-8,10-11,15H,9,20H2,1-2H3,(H,21,22)(H,23,24)/t11?,15-/m0/s1. The predicted octanol–water partition coefficient (Wildman–Crippen LogP) is 2.67. The number of carboxylic acids is 1. The van der Waals surface area contributed by atoms with Crippen molar-refractivity contribution < 1.29 is 19.4 Å². The molecule has 0 radical (unpaired) electrons. The van der Waals surface area contributed by atoms with Gasteiger partial charge in [-0.25, -0.2) is 4.98 Å². The summed E-state index contributed by atoms with van der Waals surface area (Å²) in [6.07, 6.45) is -0.00292. The van der Waals surface area contributed by atoms with Crippen LogP contribution in [0.4, 0.5) is 0 Å². The fourth-order valence-electron chi connectivity index (χ4n) is 2.63. The van der Waals surface area contributed by atoms with E-state index < -0.39 is 12.0 Å². The van der Waals surface area contributed by atoms with Crippen molar-refractivity contribution in [3.63, 3.8) is 0 Å². The molecule has 7 nitrogen and oxygen atoms in total. The van der Waals surface area contributed by atoms with E-state index in [1.807, 2.05) is 37.3 Å². The second kappa shape index (κ2) is 7.45. The number of H-pyrrole nitrogens is 1. The lowest BCUT2D eigenvalue weighted by molar-refractivity contribution is -0.138. The molecule has 1 heterocycles. The van der Waals surface area contributed by atoms with Crippen molar-refractivity contribution in [3.05, 3.63) is 53.9 Å². The molecule has 0 bridgehead atoms. The van der Waals surface area contributed by atoms with E-state index in [-0.39, 0.29) is 12.5 Å². The number of ether oxygens (including phenoxy) is 2. The van der Waals surface area contributed by atoms with Gasteiger partial charge in [0.15, 0.2) is 6.10 Å². The zero-order valence-electron chi connectivity index (χ0n) is 14.6. The normalized spacial score (nSPS) is 13.3. The Morgan fingerprint density at radius 1 is 1.23 bits per heavy atom. The summed E-state index contributed by atoms with van der Waals surface area (Å²) < 4.78 is 11.1. The lowest BCUT2D eigenvalue weighted by Gasteiger charge is -2.13. The largest absolute Gasteiger partial charge is 0.497 e. The van der Waals surface area contributed by atoms with Gasteiger partial charge in [0, 0.05) is 6.07 Å². The summed E-state index contributed by atoms with van der Waals surface area (Å²) in [7, 11) is 1.62. The summed E-state index contributed by atoms with van der Waals surface area (Å²) in [5, 5.41) is 8.87. The minimum absolute atomic E-state index is 0.274. The van der Waals surface area contributed by atoms with Crippen LogP contribution in [0.5, 0.6) is 11.5 Å². The van der Waals surface area contributed by atoms with Gasteiger partial charge >= 0.3 is 5.97 Å². The number of rotatable bonds is 7. The number of carboxylic acid groups (broad SMARTS) is 1. The maximum atomic E-state index is 10.8. The number of benzene rings is 2. The van der Waals surface area contributed by atoms with Gasteiger partial charge in [-0.2, -0.15) is 0 Å². The number of imidazole rings is 1. The highest BCUT2D eigenvalue weighted by Crippen LogP contribution is 2.24. The lowest BCUT2D eigenvalue weighted by Crippen LogP contribution is -2.32. The third kappa shape index (κ3) is 3.94. The lowest BCUT2D eigenvalue weighted by atomic mass is 10.1. The van der Waals surface area contributed by atoms with Gasteiger partial charge in [0.25, 0.3) is 0 Å². The fourth-order valence-corrected chi connectivity index (χ4v) is 2.63. The van der Waals surface area contributed by atoms with E-state index in [0.717, 1.165) is 22.3 Å². The summed E-state index contributed by atoms with van der Waals surface area (Å²) >= 11 is 0. The Hall–Kier alpha value is -3.06. The number of nitrogens with one attached hydrogen (secondary N) is 1. The van der Waals surface area contributed by atoms with Crippen molar-refractivity contribution in [1.29, 1.82) is 0 Å². The average Bonchev–Trinajstić information content (AvgIpc) is 3.06. The van der Waals surface area contributed by atoms with Crippen molar-refractivity contribution >= 4 is 17.0 Å². The van der Waals surface area contributed by atoms with Crippen molar-refractivity contribution in [2.24, 2.45) is 5.73 Å². The van der Waals surface area contributed by atoms with E-state index in [9.17, 15) is 4.79 Å². The topological polar surface area (TPSA) is 110 Å². The van der Waals surface area contributed by atoms with Crippen LogP contribution in [0.2, 0.25) is 0 Å². The molecule has 7 heteroatoms. The first-order valence-electron chi connectivity index (χ1n) is 8.24. The fraction of sp³-hybridized carbons (Fsp3) is 0.263.